The highest BCUT2D eigenvalue weighted by Gasteiger charge is 2.35. The zero-order valence-corrected chi connectivity index (χ0v) is 18.1. The molecule has 1 aliphatic heterocycles. The van der Waals surface area contributed by atoms with Gasteiger partial charge in [-0.1, -0.05) is 6.92 Å². The summed E-state index contributed by atoms with van der Waals surface area (Å²) in [4.78, 5) is 30.1. The van der Waals surface area contributed by atoms with E-state index in [0.717, 1.165) is 49.0 Å². The Morgan fingerprint density at radius 1 is 1.19 bits per heavy atom. The molecule has 0 unspecified atom stereocenters. The van der Waals surface area contributed by atoms with Crippen LogP contribution in [0.5, 0.6) is 5.75 Å². The molecular formula is C21H25F3N6O2. The first-order valence-corrected chi connectivity index (χ1v) is 10.6. The number of amides is 1. The van der Waals surface area contributed by atoms with Crippen molar-refractivity contribution in [3.05, 3.63) is 29.7 Å². The van der Waals surface area contributed by atoms with Crippen LogP contribution < -0.4 is 15.0 Å². The standard InChI is InChI=1S/C21H25F3N6O2/c1-4-15-19(31)29-17-11(2)27-16(28-18(17)30(15)3)7-12-5-13(6-12)10-32-14-8-25-20(26-9-14)21(22,23)24/h8-9,12-13,15H,4-7,10H2,1-3H3,(H,29,31)/t12?,13?,15-/m0/s1. The Bertz CT molecular complexity index is 992. The smallest absolute Gasteiger partial charge is 0.451 e. The molecule has 0 saturated heterocycles. The molecule has 4 rings (SSSR count). The number of fused-ring (bicyclic) bond motifs is 1. The molecule has 32 heavy (non-hydrogen) atoms. The summed E-state index contributed by atoms with van der Waals surface area (Å²) in [6.45, 7) is 4.24. The van der Waals surface area contributed by atoms with Crippen molar-refractivity contribution in [1.29, 1.82) is 0 Å². The third-order valence-electron chi connectivity index (χ3n) is 6.03. The minimum absolute atomic E-state index is 0.0396. The van der Waals surface area contributed by atoms with Crippen LogP contribution in [0, 0.1) is 18.8 Å². The molecule has 1 amide bonds. The Morgan fingerprint density at radius 3 is 2.50 bits per heavy atom. The number of anilines is 2. The molecule has 2 aliphatic rings. The Labute approximate surface area is 183 Å². The number of aromatic nitrogens is 4. The van der Waals surface area contributed by atoms with Gasteiger partial charge in [0, 0.05) is 13.5 Å². The fourth-order valence-electron chi connectivity index (χ4n) is 4.28. The quantitative estimate of drug-likeness (QED) is 0.721. The van der Waals surface area contributed by atoms with Crippen molar-refractivity contribution in [2.45, 2.75) is 51.7 Å². The summed E-state index contributed by atoms with van der Waals surface area (Å²) in [6, 6.07) is -0.246. The maximum Gasteiger partial charge on any atom is 0.451 e. The lowest BCUT2D eigenvalue weighted by atomic mass is 9.73. The lowest BCUT2D eigenvalue weighted by Gasteiger charge is -2.36. The van der Waals surface area contributed by atoms with Crippen molar-refractivity contribution < 1.29 is 22.7 Å². The van der Waals surface area contributed by atoms with Crippen molar-refractivity contribution in [1.82, 2.24) is 19.9 Å². The lowest BCUT2D eigenvalue weighted by Crippen LogP contribution is -2.46. The first-order valence-electron chi connectivity index (χ1n) is 10.6. The molecule has 2 aromatic rings. The maximum atomic E-state index is 12.5. The Balaban J connectivity index is 1.31. The SMILES string of the molecule is CC[C@H]1C(=O)Nc2c(C)nc(CC3CC(COc4cnc(C(F)(F)F)nc4)C3)nc2N1C. The van der Waals surface area contributed by atoms with E-state index in [0.29, 0.717) is 30.6 Å². The predicted molar refractivity (Wildman–Crippen MR) is 110 cm³/mol. The molecule has 1 saturated carbocycles. The highest BCUT2D eigenvalue weighted by molar-refractivity contribution is 6.03. The molecule has 2 aromatic heterocycles. The average Bonchev–Trinajstić information content (AvgIpc) is 2.70. The van der Waals surface area contributed by atoms with Crippen molar-refractivity contribution in [2.75, 3.05) is 23.9 Å². The molecule has 172 valence electrons. The number of hydrogen-bond acceptors (Lipinski definition) is 7. The van der Waals surface area contributed by atoms with Gasteiger partial charge in [-0.25, -0.2) is 19.9 Å². The molecule has 1 fully saturated rings. The van der Waals surface area contributed by atoms with Gasteiger partial charge in [0.15, 0.2) is 11.6 Å². The van der Waals surface area contributed by atoms with Gasteiger partial charge in [-0.2, -0.15) is 13.2 Å². The average molecular weight is 450 g/mol. The molecule has 0 spiro atoms. The van der Waals surface area contributed by atoms with Crippen LogP contribution >= 0.6 is 0 Å². The van der Waals surface area contributed by atoms with Gasteiger partial charge in [-0.3, -0.25) is 4.79 Å². The third kappa shape index (κ3) is 4.46. The van der Waals surface area contributed by atoms with E-state index < -0.39 is 12.0 Å². The molecule has 1 N–H and O–H groups in total. The fraction of sp³-hybridized carbons (Fsp3) is 0.571. The lowest BCUT2D eigenvalue weighted by molar-refractivity contribution is -0.145. The highest BCUT2D eigenvalue weighted by atomic mass is 19.4. The van der Waals surface area contributed by atoms with Gasteiger partial charge in [-0.15, -0.1) is 0 Å². The van der Waals surface area contributed by atoms with E-state index in [-0.39, 0.29) is 17.7 Å². The first-order chi connectivity index (χ1) is 15.2. The molecule has 8 nitrogen and oxygen atoms in total. The number of ether oxygens (including phenoxy) is 1. The molecule has 11 heteroatoms. The molecule has 1 aliphatic carbocycles. The maximum absolute atomic E-state index is 12.5. The van der Waals surface area contributed by atoms with Crippen molar-refractivity contribution >= 4 is 17.4 Å². The van der Waals surface area contributed by atoms with Crippen molar-refractivity contribution in [3.63, 3.8) is 0 Å². The van der Waals surface area contributed by atoms with E-state index in [4.69, 9.17) is 9.72 Å². The van der Waals surface area contributed by atoms with Crippen LogP contribution in [0.25, 0.3) is 0 Å². The molecule has 3 heterocycles. The second-order valence-corrected chi connectivity index (χ2v) is 8.41. The normalized spacial score (nSPS) is 22.8. The molecule has 0 aromatic carbocycles. The van der Waals surface area contributed by atoms with E-state index in [9.17, 15) is 18.0 Å². The summed E-state index contributed by atoms with van der Waals surface area (Å²) in [5.74, 6) is 1.24. The van der Waals surface area contributed by atoms with Crippen LogP contribution in [0.1, 0.15) is 43.5 Å². The number of carbonyl (C=O) groups excluding carboxylic acids is 1. The van der Waals surface area contributed by atoms with Crippen LogP contribution in [0.4, 0.5) is 24.7 Å². The van der Waals surface area contributed by atoms with E-state index in [1.807, 2.05) is 25.8 Å². The van der Waals surface area contributed by atoms with E-state index in [1.54, 1.807) is 0 Å². The van der Waals surface area contributed by atoms with Crippen LogP contribution in [-0.2, 0) is 17.4 Å². The Morgan fingerprint density at radius 2 is 1.88 bits per heavy atom. The number of hydrogen-bond donors (Lipinski definition) is 1. The number of alkyl halides is 3. The minimum atomic E-state index is -4.56. The Hall–Kier alpha value is -2.98. The first kappa shape index (κ1) is 22.2. The zero-order chi connectivity index (χ0) is 23.0. The number of carbonyl (C=O) groups is 1. The van der Waals surface area contributed by atoms with Gasteiger partial charge < -0.3 is 15.0 Å². The topological polar surface area (TPSA) is 93.1 Å². The van der Waals surface area contributed by atoms with Crippen molar-refractivity contribution in [3.8, 4) is 5.75 Å². The van der Waals surface area contributed by atoms with E-state index in [2.05, 4.69) is 20.3 Å². The zero-order valence-electron chi connectivity index (χ0n) is 18.1. The molecule has 0 radical (unpaired) electrons. The number of nitrogens with zero attached hydrogens (tertiary/aromatic N) is 5. The molecular weight excluding hydrogens is 425 g/mol. The number of halogens is 3. The molecule has 0 bridgehead atoms. The second kappa shape index (κ2) is 8.51. The summed E-state index contributed by atoms with van der Waals surface area (Å²) >= 11 is 0. The van der Waals surface area contributed by atoms with Gasteiger partial charge in [0.25, 0.3) is 0 Å². The Kier molecular flexibility index (Phi) is 5.91. The van der Waals surface area contributed by atoms with Gasteiger partial charge in [0.2, 0.25) is 11.7 Å². The number of likely N-dealkylation sites (N-methyl/N-ethyl adjacent to an activating group) is 1. The van der Waals surface area contributed by atoms with Gasteiger partial charge in [-0.05, 0) is 38.0 Å². The van der Waals surface area contributed by atoms with Crippen LogP contribution in [0.3, 0.4) is 0 Å². The monoisotopic (exact) mass is 450 g/mol. The summed E-state index contributed by atoms with van der Waals surface area (Å²) in [5.41, 5.74) is 1.42. The number of aryl methyl sites for hydroxylation is 1. The van der Waals surface area contributed by atoms with E-state index >= 15 is 0 Å². The summed E-state index contributed by atoms with van der Waals surface area (Å²) in [5, 5.41) is 2.92. The van der Waals surface area contributed by atoms with Gasteiger partial charge >= 0.3 is 6.18 Å². The largest absolute Gasteiger partial charge is 0.490 e. The summed E-state index contributed by atoms with van der Waals surface area (Å²) < 4.78 is 43.1. The third-order valence-corrected chi connectivity index (χ3v) is 6.03. The van der Waals surface area contributed by atoms with Crippen molar-refractivity contribution in [2.24, 2.45) is 11.8 Å². The fourth-order valence-corrected chi connectivity index (χ4v) is 4.28. The van der Waals surface area contributed by atoms with Gasteiger partial charge in [0.1, 0.15) is 17.6 Å². The molecule has 1 atom stereocenters. The predicted octanol–water partition coefficient (Wildman–Crippen LogP) is 3.41. The van der Waals surface area contributed by atoms with Gasteiger partial charge in [0.05, 0.1) is 24.7 Å². The van der Waals surface area contributed by atoms with Crippen LogP contribution in [0.2, 0.25) is 0 Å². The minimum Gasteiger partial charge on any atom is -0.490 e. The second-order valence-electron chi connectivity index (χ2n) is 8.41. The summed E-state index contributed by atoms with van der Waals surface area (Å²) in [7, 11) is 1.88. The number of rotatable bonds is 6. The highest BCUT2D eigenvalue weighted by Crippen LogP contribution is 2.38. The van der Waals surface area contributed by atoms with Crippen LogP contribution in [-0.4, -0.2) is 45.5 Å². The van der Waals surface area contributed by atoms with Crippen LogP contribution in [0.15, 0.2) is 12.4 Å². The van der Waals surface area contributed by atoms with E-state index in [1.165, 1.54) is 0 Å². The number of nitrogens with one attached hydrogen (secondary N) is 1. The summed E-state index contributed by atoms with van der Waals surface area (Å²) in [6.07, 6.45) is 0.801.